The van der Waals surface area contributed by atoms with Crippen LogP contribution in [0.15, 0.2) is 29.2 Å². The van der Waals surface area contributed by atoms with Crippen molar-refractivity contribution in [1.29, 1.82) is 0 Å². The van der Waals surface area contributed by atoms with Gasteiger partial charge in [0.1, 0.15) is 6.04 Å². The molecule has 0 aliphatic heterocycles. The predicted molar refractivity (Wildman–Crippen MR) is 67.8 cm³/mol. The van der Waals surface area contributed by atoms with Crippen LogP contribution in [0.1, 0.15) is 19.4 Å². The quantitative estimate of drug-likeness (QED) is 0.880. The highest BCUT2D eigenvalue weighted by Gasteiger charge is 2.31. The first-order valence-electron chi connectivity index (χ1n) is 5.62. The predicted octanol–water partition coefficient (Wildman–Crippen LogP) is 1.48. The second-order valence-corrected chi connectivity index (χ2v) is 5.93. The van der Waals surface area contributed by atoms with Crippen molar-refractivity contribution in [2.45, 2.75) is 31.7 Å². The Hall–Kier alpha value is -1.40. The fraction of sp³-hybridized carbons (Fsp3) is 0.417. The lowest BCUT2D eigenvalue weighted by Gasteiger charge is -2.24. The number of likely N-dealkylation sites (N-methyl/N-ethyl adjacent to an activating group) is 1. The molecule has 0 fully saturated rings. The number of rotatable bonds is 5. The van der Waals surface area contributed by atoms with Crippen molar-refractivity contribution in [3.8, 4) is 0 Å². The third-order valence-electron chi connectivity index (χ3n) is 2.73. The molecule has 6 heteroatoms. The van der Waals surface area contributed by atoms with E-state index in [0.717, 1.165) is 9.87 Å². The Kier molecular flexibility index (Phi) is 4.48. The Morgan fingerprint density at radius 2 is 1.83 bits per heavy atom. The molecule has 1 N–H and O–H groups in total. The molecule has 18 heavy (non-hydrogen) atoms. The molecule has 1 atom stereocenters. The molecule has 0 spiro atoms. The highest BCUT2D eigenvalue weighted by atomic mass is 32.2. The minimum Gasteiger partial charge on any atom is -0.480 e. The molecule has 1 aromatic carbocycles. The zero-order chi connectivity index (χ0) is 13.9. The average molecular weight is 271 g/mol. The van der Waals surface area contributed by atoms with Crippen LogP contribution in [-0.4, -0.2) is 36.4 Å². The summed E-state index contributed by atoms with van der Waals surface area (Å²) in [5.74, 6) is -1.16. The number of aryl methyl sites for hydroxylation is 1. The van der Waals surface area contributed by atoms with Gasteiger partial charge in [0.15, 0.2) is 0 Å². The van der Waals surface area contributed by atoms with Crippen LogP contribution >= 0.6 is 0 Å². The summed E-state index contributed by atoms with van der Waals surface area (Å²) in [4.78, 5) is 11.0. The molecular weight excluding hydrogens is 254 g/mol. The Morgan fingerprint density at radius 3 is 2.22 bits per heavy atom. The number of benzene rings is 1. The van der Waals surface area contributed by atoms with Gasteiger partial charge in [-0.1, -0.05) is 24.6 Å². The van der Waals surface area contributed by atoms with Crippen LogP contribution in [0, 0.1) is 6.92 Å². The number of nitrogens with zero attached hydrogens (tertiary/aromatic N) is 1. The van der Waals surface area contributed by atoms with Crippen LogP contribution in [0.25, 0.3) is 0 Å². The van der Waals surface area contributed by atoms with Crippen LogP contribution in [0.3, 0.4) is 0 Å². The summed E-state index contributed by atoms with van der Waals surface area (Å²) in [5.41, 5.74) is 0.947. The van der Waals surface area contributed by atoms with E-state index in [1.54, 1.807) is 19.1 Å². The van der Waals surface area contributed by atoms with Crippen molar-refractivity contribution in [1.82, 2.24) is 4.31 Å². The van der Waals surface area contributed by atoms with E-state index in [9.17, 15) is 13.2 Å². The molecule has 1 rings (SSSR count). The summed E-state index contributed by atoms with van der Waals surface area (Å²) in [6.07, 6.45) is 0. The van der Waals surface area contributed by atoms with Crippen molar-refractivity contribution < 1.29 is 18.3 Å². The van der Waals surface area contributed by atoms with Gasteiger partial charge in [-0.2, -0.15) is 4.31 Å². The molecule has 0 heterocycles. The maximum absolute atomic E-state index is 12.3. The molecule has 0 unspecified atom stereocenters. The van der Waals surface area contributed by atoms with E-state index in [-0.39, 0.29) is 11.4 Å². The van der Waals surface area contributed by atoms with Crippen LogP contribution in [0.5, 0.6) is 0 Å². The zero-order valence-electron chi connectivity index (χ0n) is 10.6. The molecule has 0 bridgehead atoms. The molecule has 0 aliphatic carbocycles. The SMILES string of the molecule is CCN([C@H](C)C(=O)O)S(=O)(=O)c1ccc(C)cc1. The number of hydrogen-bond donors (Lipinski definition) is 1. The van der Waals surface area contributed by atoms with E-state index < -0.39 is 22.0 Å². The van der Waals surface area contributed by atoms with Gasteiger partial charge >= 0.3 is 5.97 Å². The number of hydrogen-bond acceptors (Lipinski definition) is 3. The van der Waals surface area contributed by atoms with E-state index in [0.29, 0.717) is 0 Å². The Morgan fingerprint density at radius 1 is 1.33 bits per heavy atom. The van der Waals surface area contributed by atoms with Crippen molar-refractivity contribution in [2.24, 2.45) is 0 Å². The second kappa shape index (κ2) is 5.49. The lowest BCUT2D eigenvalue weighted by Crippen LogP contribution is -2.42. The maximum atomic E-state index is 12.3. The minimum absolute atomic E-state index is 0.114. The van der Waals surface area contributed by atoms with Crippen molar-refractivity contribution in [3.63, 3.8) is 0 Å². The van der Waals surface area contributed by atoms with E-state index in [1.807, 2.05) is 6.92 Å². The van der Waals surface area contributed by atoms with Crippen LogP contribution in [0.2, 0.25) is 0 Å². The molecule has 0 amide bonds. The van der Waals surface area contributed by atoms with Gasteiger partial charge in [0.05, 0.1) is 4.90 Å². The van der Waals surface area contributed by atoms with Gasteiger partial charge in [-0.05, 0) is 26.0 Å². The first-order valence-corrected chi connectivity index (χ1v) is 7.06. The van der Waals surface area contributed by atoms with Gasteiger partial charge in [-0.3, -0.25) is 4.79 Å². The molecule has 100 valence electrons. The molecular formula is C12H17NO4S. The zero-order valence-corrected chi connectivity index (χ0v) is 11.4. The minimum atomic E-state index is -3.76. The van der Waals surface area contributed by atoms with Gasteiger partial charge < -0.3 is 5.11 Å². The van der Waals surface area contributed by atoms with Gasteiger partial charge in [-0.15, -0.1) is 0 Å². The molecule has 1 aromatic rings. The first kappa shape index (κ1) is 14.7. The monoisotopic (exact) mass is 271 g/mol. The number of aliphatic carboxylic acids is 1. The maximum Gasteiger partial charge on any atom is 0.321 e. The van der Waals surface area contributed by atoms with Crippen molar-refractivity contribution in [2.75, 3.05) is 6.54 Å². The number of sulfonamides is 1. The molecule has 0 radical (unpaired) electrons. The van der Waals surface area contributed by atoms with Gasteiger partial charge in [-0.25, -0.2) is 8.42 Å². The molecule has 0 saturated carbocycles. The topological polar surface area (TPSA) is 74.7 Å². The van der Waals surface area contributed by atoms with Crippen LogP contribution < -0.4 is 0 Å². The van der Waals surface area contributed by atoms with Gasteiger partial charge in [0.2, 0.25) is 10.0 Å². The first-order chi connectivity index (χ1) is 8.30. The smallest absolute Gasteiger partial charge is 0.321 e. The third kappa shape index (κ3) is 2.88. The normalized spacial score (nSPS) is 13.6. The van der Waals surface area contributed by atoms with E-state index in [4.69, 9.17) is 5.11 Å². The third-order valence-corrected chi connectivity index (χ3v) is 4.79. The number of carboxylic acids is 1. The van der Waals surface area contributed by atoms with E-state index >= 15 is 0 Å². The Bertz CT molecular complexity index is 522. The van der Waals surface area contributed by atoms with Crippen molar-refractivity contribution in [3.05, 3.63) is 29.8 Å². The fourth-order valence-electron chi connectivity index (χ4n) is 1.62. The highest BCUT2D eigenvalue weighted by Crippen LogP contribution is 2.18. The molecule has 0 aliphatic rings. The molecule has 0 saturated heterocycles. The fourth-order valence-corrected chi connectivity index (χ4v) is 3.22. The average Bonchev–Trinajstić information content (AvgIpc) is 2.29. The lowest BCUT2D eigenvalue weighted by molar-refractivity contribution is -0.140. The van der Waals surface area contributed by atoms with Gasteiger partial charge in [0, 0.05) is 6.54 Å². The number of carbonyl (C=O) groups is 1. The summed E-state index contributed by atoms with van der Waals surface area (Å²) in [5, 5.41) is 8.93. The van der Waals surface area contributed by atoms with Crippen LogP contribution in [0.4, 0.5) is 0 Å². The van der Waals surface area contributed by atoms with Crippen molar-refractivity contribution >= 4 is 16.0 Å². The molecule has 5 nitrogen and oxygen atoms in total. The summed E-state index contributed by atoms with van der Waals surface area (Å²) < 4.78 is 25.5. The Balaban J connectivity index is 3.19. The summed E-state index contributed by atoms with van der Waals surface area (Å²) in [7, 11) is -3.76. The summed E-state index contributed by atoms with van der Waals surface area (Å²) in [6.45, 7) is 4.94. The lowest BCUT2D eigenvalue weighted by atomic mass is 10.2. The van der Waals surface area contributed by atoms with E-state index in [2.05, 4.69) is 0 Å². The summed E-state index contributed by atoms with van der Waals surface area (Å²) in [6, 6.07) is 5.27. The largest absolute Gasteiger partial charge is 0.480 e. The van der Waals surface area contributed by atoms with Gasteiger partial charge in [0.25, 0.3) is 0 Å². The summed E-state index contributed by atoms with van der Waals surface area (Å²) >= 11 is 0. The highest BCUT2D eigenvalue weighted by molar-refractivity contribution is 7.89. The molecule has 0 aromatic heterocycles. The Labute approximate surface area is 107 Å². The van der Waals surface area contributed by atoms with Crippen LogP contribution in [-0.2, 0) is 14.8 Å². The standard InChI is InChI=1S/C12H17NO4S/c1-4-13(10(3)12(14)15)18(16,17)11-7-5-9(2)6-8-11/h5-8,10H,4H2,1-3H3,(H,14,15)/t10-/m1/s1. The van der Waals surface area contributed by atoms with E-state index in [1.165, 1.54) is 19.1 Å². The second-order valence-electron chi connectivity index (χ2n) is 4.04. The number of carboxylic acid groups (broad SMARTS) is 1.